The van der Waals surface area contributed by atoms with Gasteiger partial charge >= 0.3 is 0 Å². The lowest BCUT2D eigenvalue weighted by atomic mass is 10.2. The number of aromatic nitrogens is 3. The maximum atomic E-state index is 12.5. The van der Waals surface area contributed by atoms with Gasteiger partial charge in [-0.3, -0.25) is 4.79 Å². The maximum absolute atomic E-state index is 12.5. The molecule has 0 spiro atoms. The first-order valence-electron chi connectivity index (χ1n) is 7.52. The van der Waals surface area contributed by atoms with Gasteiger partial charge in [0.05, 0.1) is 11.4 Å². The van der Waals surface area contributed by atoms with Crippen molar-refractivity contribution >= 4 is 23.2 Å². The number of halogens is 1. The monoisotopic (exact) mass is 340 g/mol. The van der Waals surface area contributed by atoms with Gasteiger partial charge in [-0.25, -0.2) is 4.68 Å². The number of rotatable bonds is 3. The number of hydrogen-bond donors (Lipinski definition) is 1. The minimum atomic E-state index is -0.314. The van der Waals surface area contributed by atoms with Crippen LogP contribution in [0.4, 0.5) is 5.69 Å². The summed E-state index contributed by atoms with van der Waals surface area (Å²) in [7, 11) is 0. The third kappa shape index (κ3) is 3.16. The van der Waals surface area contributed by atoms with Crippen molar-refractivity contribution in [3.8, 4) is 5.69 Å². The maximum Gasteiger partial charge on any atom is 0.278 e. The Bertz CT molecular complexity index is 917. The lowest BCUT2D eigenvalue weighted by molar-refractivity contribution is 0.102. The number of amides is 1. The van der Waals surface area contributed by atoms with Gasteiger partial charge in [-0.15, -0.1) is 5.10 Å². The van der Waals surface area contributed by atoms with E-state index in [1.54, 1.807) is 16.8 Å². The quantitative estimate of drug-likeness (QED) is 0.781. The van der Waals surface area contributed by atoms with Gasteiger partial charge in [0, 0.05) is 10.7 Å². The molecule has 3 aromatic rings. The zero-order valence-electron chi connectivity index (χ0n) is 13.7. The molecular formula is C18H17ClN4O. The van der Waals surface area contributed by atoms with E-state index < -0.39 is 0 Å². The van der Waals surface area contributed by atoms with Crippen molar-refractivity contribution in [2.45, 2.75) is 20.8 Å². The highest BCUT2D eigenvalue weighted by atomic mass is 35.5. The molecule has 6 heteroatoms. The van der Waals surface area contributed by atoms with E-state index >= 15 is 0 Å². The second-order valence-corrected chi connectivity index (χ2v) is 6.10. The predicted octanol–water partition coefficient (Wildman–Crippen LogP) is 4.10. The van der Waals surface area contributed by atoms with Gasteiger partial charge in [0.2, 0.25) is 0 Å². The first-order chi connectivity index (χ1) is 11.5. The minimum absolute atomic E-state index is 0.285. The van der Waals surface area contributed by atoms with Gasteiger partial charge in [-0.05, 0) is 56.2 Å². The van der Waals surface area contributed by atoms with E-state index in [0.717, 1.165) is 16.8 Å². The zero-order chi connectivity index (χ0) is 17.3. The van der Waals surface area contributed by atoms with Crippen LogP contribution in [0.25, 0.3) is 5.69 Å². The Morgan fingerprint density at radius 2 is 1.92 bits per heavy atom. The number of anilines is 1. The number of nitrogens with one attached hydrogen (secondary N) is 1. The van der Waals surface area contributed by atoms with Crippen molar-refractivity contribution in [1.29, 1.82) is 0 Å². The number of benzene rings is 2. The number of carbonyl (C=O) groups excluding carboxylic acids is 1. The number of hydrogen-bond acceptors (Lipinski definition) is 3. The van der Waals surface area contributed by atoms with E-state index in [2.05, 4.69) is 15.6 Å². The molecule has 122 valence electrons. The molecule has 0 aliphatic carbocycles. The summed E-state index contributed by atoms with van der Waals surface area (Å²) in [5, 5.41) is 11.5. The molecule has 1 N–H and O–H groups in total. The Balaban J connectivity index is 1.87. The van der Waals surface area contributed by atoms with Gasteiger partial charge in [0.15, 0.2) is 5.69 Å². The second kappa shape index (κ2) is 6.45. The summed E-state index contributed by atoms with van der Waals surface area (Å²) in [4.78, 5) is 12.5. The summed E-state index contributed by atoms with van der Waals surface area (Å²) in [6.07, 6.45) is 0. The largest absolute Gasteiger partial charge is 0.320 e. The SMILES string of the molecule is Cc1cccc(-n2nnc(C(=O)Nc3ccc(C)c(Cl)c3)c2C)c1. The topological polar surface area (TPSA) is 59.8 Å². The lowest BCUT2D eigenvalue weighted by Crippen LogP contribution is -2.14. The van der Waals surface area contributed by atoms with Crippen LogP contribution in [-0.4, -0.2) is 20.9 Å². The zero-order valence-corrected chi connectivity index (χ0v) is 14.4. The fourth-order valence-corrected chi connectivity index (χ4v) is 2.59. The molecule has 1 aromatic heterocycles. The van der Waals surface area contributed by atoms with E-state index in [0.29, 0.717) is 16.4 Å². The molecule has 0 radical (unpaired) electrons. The number of carbonyl (C=O) groups is 1. The van der Waals surface area contributed by atoms with Crippen LogP contribution in [0.3, 0.4) is 0 Å². The van der Waals surface area contributed by atoms with E-state index in [4.69, 9.17) is 11.6 Å². The molecule has 0 bridgehead atoms. The first kappa shape index (κ1) is 16.2. The summed E-state index contributed by atoms with van der Waals surface area (Å²) in [6.45, 7) is 5.73. The summed E-state index contributed by atoms with van der Waals surface area (Å²) in [5.74, 6) is -0.314. The van der Waals surface area contributed by atoms with Crippen molar-refractivity contribution in [1.82, 2.24) is 15.0 Å². The van der Waals surface area contributed by atoms with E-state index in [9.17, 15) is 4.79 Å². The Kier molecular flexibility index (Phi) is 4.36. The molecule has 1 amide bonds. The van der Waals surface area contributed by atoms with Gasteiger partial charge in [-0.2, -0.15) is 0 Å². The molecule has 0 saturated carbocycles. The van der Waals surface area contributed by atoms with Crippen LogP contribution in [0.1, 0.15) is 27.3 Å². The third-order valence-electron chi connectivity index (χ3n) is 3.79. The van der Waals surface area contributed by atoms with Crippen LogP contribution in [-0.2, 0) is 0 Å². The molecule has 5 nitrogen and oxygen atoms in total. The predicted molar refractivity (Wildman–Crippen MR) is 95.0 cm³/mol. The van der Waals surface area contributed by atoms with Crippen LogP contribution >= 0.6 is 11.6 Å². The highest BCUT2D eigenvalue weighted by Gasteiger charge is 2.17. The average molecular weight is 341 g/mol. The molecule has 3 rings (SSSR count). The fraction of sp³-hybridized carbons (Fsp3) is 0.167. The van der Waals surface area contributed by atoms with Crippen LogP contribution < -0.4 is 5.32 Å². The van der Waals surface area contributed by atoms with Gasteiger partial charge < -0.3 is 5.32 Å². The van der Waals surface area contributed by atoms with Crippen molar-refractivity contribution < 1.29 is 4.79 Å². The molecule has 0 saturated heterocycles. The Labute approximate surface area is 145 Å². The number of aryl methyl sites for hydroxylation is 2. The Morgan fingerprint density at radius 3 is 2.62 bits per heavy atom. The van der Waals surface area contributed by atoms with Crippen LogP contribution in [0.2, 0.25) is 5.02 Å². The van der Waals surface area contributed by atoms with Crippen molar-refractivity contribution in [2.75, 3.05) is 5.32 Å². The van der Waals surface area contributed by atoms with Gasteiger partial charge in [-0.1, -0.05) is 35.0 Å². The summed E-state index contributed by atoms with van der Waals surface area (Å²) >= 11 is 6.09. The van der Waals surface area contributed by atoms with E-state index in [1.165, 1.54) is 0 Å². The smallest absolute Gasteiger partial charge is 0.278 e. The van der Waals surface area contributed by atoms with Crippen LogP contribution in [0, 0.1) is 20.8 Å². The van der Waals surface area contributed by atoms with E-state index in [-0.39, 0.29) is 11.6 Å². The summed E-state index contributed by atoms with van der Waals surface area (Å²) in [6, 6.07) is 13.2. The van der Waals surface area contributed by atoms with Crippen molar-refractivity contribution in [2.24, 2.45) is 0 Å². The summed E-state index contributed by atoms with van der Waals surface area (Å²) in [5.41, 5.74) is 4.53. The lowest BCUT2D eigenvalue weighted by Gasteiger charge is -2.07. The second-order valence-electron chi connectivity index (χ2n) is 5.69. The molecule has 0 aliphatic heterocycles. The van der Waals surface area contributed by atoms with E-state index in [1.807, 2.05) is 51.1 Å². The highest BCUT2D eigenvalue weighted by Crippen LogP contribution is 2.21. The first-order valence-corrected chi connectivity index (χ1v) is 7.90. The van der Waals surface area contributed by atoms with Crippen molar-refractivity contribution in [3.63, 3.8) is 0 Å². The molecule has 0 aliphatic rings. The third-order valence-corrected chi connectivity index (χ3v) is 4.19. The Morgan fingerprint density at radius 1 is 1.12 bits per heavy atom. The fourth-order valence-electron chi connectivity index (χ4n) is 2.40. The normalized spacial score (nSPS) is 10.7. The van der Waals surface area contributed by atoms with Crippen molar-refractivity contribution in [3.05, 3.63) is 70.0 Å². The van der Waals surface area contributed by atoms with Gasteiger partial charge in [0.25, 0.3) is 5.91 Å². The molecule has 0 unspecified atom stereocenters. The molecule has 0 fully saturated rings. The number of nitrogens with zero attached hydrogens (tertiary/aromatic N) is 3. The average Bonchev–Trinajstić information content (AvgIpc) is 2.93. The molecular weight excluding hydrogens is 324 g/mol. The van der Waals surface area contributed by atoms with Crippen LogP contribution in [0.15, 0.2) is 42.5 Å². The molecule has 2 aromatic carbocycles. The van der Waals surface area contributed by atoms with Gasteiger partial charge in [0.1, 0.15) is 0 Å². The summed E-state index contributed by atoms with van der Waals surface area (Å²) < 4.78 is 1.66. The van der Waals surface area contributed by atoms with Crippen LogP contribution in [0.5, 0.6) is 0 Å². The Hall–Kier alpha value is -2.66. The standard InChI is InChI=1S/C18H17ClN4O/c1-11-5-4-6-15(9-11)23-13(3)17(21-22-23)18(24)20-14-8-7-12(2)16(19)10-14/h4-10H,1-3H3,(H,20,24). The molecule has 24 heavy (non-hydrogen) atoms. The minimum Gasteiger partial charge on any atom is -0.320 e. The highest BCUT2D eigenvalue weighted by molar-refractivity contribution is 6.31. The molecule has 1 heterocycles. The molecule has 0 atom stereocenters.